The monoisotopic (exact) mass is 354 g/mol. The van der Waals surface area contributed by atoms with Crippen LogP contribution < -0.4 is 0 Å². The summed E-state index contributed by atoms with van der Waals surface area (Å²) in [5.41, 5.74) is 5.82. The number of aldehydes is 1. The number of ketones is 1. The molecule has 0 N–H and O–H groups in total. The van der Waals surface area contributed by atoms with Gasteiger partial charge in [-0.05, 0) is 41.3 Å². The Hall–Kier alpha value is -3.53. The van der Waals surface area contributed by atoms with E-state index in [0.717, 1.165) is 28.5 Å². The molecule has 0 saturated carbocycles. The Balaban J connectivity index is 1.70. The number of aromatic nitrogens is 2. The molecule has 4 heteroatoms. The average Bonchev–Trinajstić information content (AvgIpc) is 3.13. The van der Waals surface area contributed by atoms with Crippen LogP contribution in [0.4, 0.5) is 0 Å². The largest absolute Gasteiger partial charge is 0.297 e. The van der Waals surface area contributed by atoms with Gasteiger partial charge in [0.15, 0.2) is 12.1 Å². The van der Waals surface area contributed by atoms with Crippen LogP contribution in [0.5, 0.6) is 0 Å². The van der Waals surface area contributed by atoms with Gasteiger partial charge in [-0.3, -0.25) is 14.0 Å². The molecular weight excluding hydrogens is 336 g/mol. The molecule has 0 aliphatic carbocycles. The van der Waals surface area contributed by atoms with E-state index >= 15 is 0 Å². The van der Waals surface area contributed by atoms with Gasteiger partial charge < -0.3 is 0 Å². The summed E-state index contributed by atoms with van der Waals surface area (Å²) >= 11 is 0. The molecule has 2 aromatic carbocycles. The molecular formula is C23H18N2O2. The molecule has 0 fully saturated rings. The third kappa shape index (κ3) is 3.06. The number of fused-ring (bicyclic) bond motifs is 1. The topological polar surface area (TPSA) is 51.4 Å². The lowest BCUT2D eigenvalue weighted by Crippen LogP contribution is -2.08. The number of benzene rings is 2. The average molecular weight is 354 g/mol. The summed E-state index contributed by atoms with van der Waals surface area (Å²) in [6.45, 7) is 2.05. The zero-order valence-electron chi connectivity index (χ0n) is 14.9. The molecule has 0 atom stereocenters. The summed E-state index contributed by atoms with van der Waals surface area (Å²) in [5, 5.41) is 0. The second kappa shape index (κ2) is 7.00. The molecule has 0 aliphatic rings. The number of hydrogen-bond acceptors (Lipinski definition) is 3. The summed E-state index contributed by atoms with van der Waals surface area (Å²) in [6, 6.07) is 19.7. The van der Waals surface area contributed by atoms with Crippen LogP contribution in [0.1, 0.15) is 32.0 Å². The minimum atomic E-state index is -0.0167. The third-order valence-electron chi connectivity index (χ3n) is 4.87. The van der Waals surface area contributed by atoms with E-state index in [2.05, 4.69) is 23.2 Å². The summed E-state index contributed by atoms with van der Waals surface area (Å²) in [4.78, 5) is 28.4. The van der Waals surface area contributed by atoms with Gasteiger partial charge in [-0.15, -0.1) is 0 Å². The molecule has 0 aliphatic heterocycles. The first-order valence-corrected chi connectivity index (χ1v) is 8.77. The Morgan fingerprint density at radius 1 is 1.04 bits per heavy atom. The lowest BCUT2D eigenvalue weighted by molar-refractivity contribution is 0.0993. The van der Waals surface area contributed by atoms with E-state index in [-0.39, 0.29) is 12.2 Å². The SMILES string of the molecule is Cc1c(CC(=O)c2cccn3c(C=O)cnc23)cccc1-c1ccccc1. The van der Waals surface area contributed by atoms with E-state index < -0.39 is 0 Å². The van der Waals surface area contributed by atoms with Crippen LogP contribution in [0, 0.1) is 6.92 Å². The zero-order valence-corrected chi connectivity index (χ0v) is 14.9. The first-order chi connectivity index (χ1) is 13.2. The molecule has 132 valence electrons. The molecule has 4 nitrogen and oxygen atoms in total. The third-order valence-corrected chi connectivity index (χ3v) is 4.87. The molecule has 0 spiro atoms. The number of carbonyl (C=O) groups is 2. The van der Waals surface area contributed by atoms with Gasteiger partial charge in [-0.2, -0.15) is 0 Å². The van der Waals surface area contributed by atoms with Crippen LogP contribution >= 0.6 is 0 Å². The summed E-state index contributed by atoms with van der Waals surface area (Å²) in [5.74, 6) is -0.0167. The van der Waals surface area contributed by atoms with Crippen LogP contribution in [-0.2, 0) is 6.42 Å². The van der Waals surface area contributed by atoms with Crippen molar-refractivity contribution in [2.24, 2.45) is 0 Å². The fourth-order valence-corrected chi connectivity index (χ4v) is 3.41. The predicted octanol–water partition coefficient (Wildman–Crippen LogP) is 4.55. The van der Waals surface area contributed by atoms with Gasteiger partial charge in [0.25, 0.3) is 0 Å². The van der Waals surface area contributed by atoms with Crippen LogP contribution in [0.15, 0.2) is 73.1 Å². The normalized spacial score (nSPS) is 10.9. The van der Waals surface area contributed by atoms with Crippen LogP contribution in [0.25, 0.3) is 16.8 Å². The first-order valence-electron chi connectivity index (χ1n) is 8.77. The van der Waals surface area contributed by atoms with Crippen molar-refractivity contribution in [3.05, 3.63) is 95.4 Å². The predicted molar refractivity (Wildman–Crippen MR) is 105 cm³/mol. The maximum absolute atomic E-state index is 13.0. The van der Waals surface area contributed by atoms with Crippen molar-refractivity contribution in [2.75, 3.05) is 0 Å². The molecule has 4 aromatic rings. The van der Waals surface area contributed by atoms with E-state index in [1.54, 1.807) is 22.7 Å². The van der Waals surface area contributed by atoms with Gasteiger partial charge >= 0.3 is 0 Å². The molecule has 2 heterocycles. The Morgan fingerprint density at radius 3 is 2.63 bits per heavy atom. The fraction of sp³-hybridized carbons (Fsp3) is 0.0870. The Kier molecular flexibility index (Phi) is 4.38. The second-order valence-electron chi connectivity index (χ2n) is 6.47. The number of hydrogen-bond donors (Lipinski definition) is 0. The Morgan fingerprint density at radius 2 is 1.85 bits per heavy atom. The van der Waals surface area contributed by atoms with Gasteiger partial charge in [0.05, 0.1) is 11.8 Å². The van der Waals surface area contributed by atoms with E-state index in [4.69, 9.17) is 0 Å². The van der Waals surface area contributed by atoms with E-state index in [1.807, 2.05) is 37.3 Å². The lowest BCUT2D eigenvalue weighted by Gasteiger charge is -2.12. The summed E-state index contributed by atoms with van der Waals surface area (Å²) in [6.07, 6.45) is 4.25. The molecule has 0 bridgehead atoms. The highest BCUT2D eigenvalue weighted by Gasteiger charge is 2.16. The standard InChI is InChI=1S/C23H18N2O2/c1-16-18(9-5-10-20(16)17-7-3-2-4-8-17)13-22(27)21-11-6-12-25-19(15-26)14-24-23(21)25/h2-12,14-15H,13H2,1H3. The molecule has 0 unspecified atom stereocenters. The van der Waals surface area contributed by atoms with Gasteiger partial charge in [-0.1, -0.05) is 48.5 Å². The molecule has 2 aromatic heterocycles. The second-order valence-corrected chi connectivity index (χ2v) is 6.47. The molecule has 27 heavy (non-hydrogen) atoms. The number of nitrogens with zero attached hydrogens (tertiary/aromatic N) is 2. The quantitative estimate of drug-likeness (QED) is 0.390. The number of Topliss-reactive ketones (excluding diaryl/α,β-unsaturated/α-hetero) is 1. The van der Waals surface area contributed by atoms with Crippen molar-refractivity contribution in [3.63, 3.8) is 0 Å². The highest BCUT2D eigenvalue weighted by Crippen LogP contribution is 2.26. The molecule has 0 saturated heterocycles. The van der Waals surface area contributed by atoms with Crippen LogP contribution in [0.3, 0.4) is 0 Å². The van der Waals surface area contributed by atoms with Gasteiger partial charge in [0, 0.05) is 12.6 Å². The lowest BCUT2D eigenvalue weighted by atomic mass is 9.93. The smallest absolute Gasteiger partial charge is 0.170 e. The number of imidazole rings is 1. The molecule has 0 amide bonds. The molecule has 0 radical (unpaired) electrons. The van der Waals surface area contributed by atoms with Gasteiger partial charge in [0.2, 0.25) is 0 Å². The minimum absolute atomic E-state index is 0.0167. The Labute approximate surface area is 157 Å². The van der Waals surface area contributed by atoms with Crippen LogP contribution in [0.2, 0.25) is 0 Å². The van der Waals surface area contributed by atoms with Gasteiger partial charge in [0.1, 0.15) is 11.3 Å². The summed E-state index contributed by atoms with van der Waals surface area (Å²) < 4.78 is 1.65. The maximum Gasteiger partial charge on any atom is 0.170 e. The van der Waals surface area contributed by atoms with Crippen molar-refractivity contribution < 1.29 is 9.59 Å². The van der Waals surface area contributed by atoms with Gasteiger partial charge in [-0.25, -0.2) is 4.98 Å². The zero-order chi connectivity index (χ0) is 18.8. The maximum atomic E-state index is 13.0. The highest BCUT2D eigenvalue weighted by molar-refractivity contribution is 6.03. The van der Waals surface area contributed by atoms with Crippen molar-refractivity contribution in [1.29, 1.82) is 0 Å². The van der Waals surface area contributed by atoms with E-state index in [0.29, 0.717) is 16.9 Å². The fourth-order valence-electron chi connectivity index (χ4n) is 3.41. The number of pyridine rings is 1. The van der Waals surface area contributed by atoms with Crippen molar-refractivity contribution in [1.82, 2.24) is 9.38 Å². The van der Waals surface area contributed by atoms with E-state index in [9.17, 15) is 9.59 Å². The number of carbonyl (C=O) groups excluding carboxylic acids is 2. The highest BCUT2D eigenvalue weighted by atomic mass is 16.1. The summed E-state index contributed by atoms with van der Waals surface area (Å²) in [7, 11) is 0. The van der Waals surface area contributed by atoms with Crippen LogP contribution in [-0.4, -0.2) is 21.5 Å². The Bertz CT molecular complexity index is 1140. The van der Waals surface area contributed by atoms with Crippen molar-refractivity contribution >= 4 is 17.7 Å². The van der Waals surface area contributed by atoms with Crippen molar-refractivity contribution in [3.8, 4) is 11.1 Å². The molecule has 4 rings (SSSR count). The first kappa shape index (κ1) is 16.9. The minimum Gasteiger partial charge on any atom is -0.297 e. The van der Waals surface area contributed by atoms with Crippen molar-refractivity contribution in [2.45, 2.75) is 13.3 Å². The number of rotatable bonds is 5. The van der Waals surface area contributed by atoms with E-state index in [1.165, 1.54) is 6.20 Å².